The molecule has 4 nitrogen and oxygen atoms in total. The summed E-state index contributed by atoms with van der Waals surface area (Å²) in [6.45, 7) is 6.40. The van der Waals surface area contributed by atoms with Crippen LogP contribution in [0.25, 0.3) is 11.2 Å². The number of aromatic nitrogens is 4. The van der Waals surface area contributed by atoms with Gasteiger partial charge in [-0.1, -0.05) is 0 Å². The highest BCUT2D eigenvalue weighted by Gasteiger charge is 2.18. The highest BCUT2D eigenvalue weighted by molar-refractivity contribution is 7.98. The van der Waals surface area contributed by atoms with Crippen molar-refractivity contribution in [2.75, 3.05) is 6.26 Å². The zero-order valence-electron chi connectivity index (χ0n) is 9.35. The molecule has 0 N–H and O–H groups in total. The molecule has 2 aromatic heterocycles. The van der Waals surface area contributed by atoms with Crippen LogP contribution in [0.15, 0.2) is 17.7 Å². The highest BCUT2D eigenvalue weighted by Crippen LogP contribution is 2.24. The van der Waals surface area contributed by atoms with Crippen LogP contribution in [-0.4, -0.2) is 25.8 Å². The van der Waals surface area contributed by atoms with Gasteiger partial charge in [0.15, 0.2) is 5.65 Å². The third kappa shape index (κ3) is 1.71. The standard InChI is InChI=1S/C10H14N4S/c1-10(2,3)14-6-13-7-8(14)11-5-12-9(7)15-4/h5-6H,1-4H3. The Kier molecular flexibility index (Phi) is 2.42. The molecule has 0 fully saturated rings. The maximum Gasteiger partial charge on any atom is 0.164 e. The summed E-state index contributed by atoms with van der Waals surface area (Å²) in [5, 5.41) is 0.933. The van der Waals surface area contributed by atoms with Crippen LogP contribution in [0.1, 0.15) is 20.8 Å². The van der Waals surface area contributed by atoms with Crippen LogP contribution in [0.5, 0.6) is 0 Å². The van der Waals surface area contributed by atoms with Crippen LogP contribution in [-0.2, 0) is 5.54 Å². The second kappa shape index (κ2) is 3.48. The van der Waals surface area contributed by atoms with E-state index in [2.05, 4.69) is 40.3 Å². The second-order valence-corrected chi connectivity index (χ2v) is 5.14. The molecule has 5 heteroatoms. The lowest BCUT2D eigenvalue weighted by Gasteiger charge is -2.20. The Labute approximate surface area is 93.1 Å². The highest BCUT2D eigenvalue weighted by atomic mass is 32.2. The minimum atomic E-state index is -0.00121. The van der Waals surface area contributed by atoms with Gasteiger partial charge in [0, 0.05) is 5.54 Å². The van der Waals surface area contributed by atoms with Crippen LogP contribution in [0.4, 0.5) is 0 Å². The van der Waals surface area contributed by atoms with Gasteiger partial charge in [0.05, 0.1) is 6.33 Å². The van der Waals surface area contributed by atoms with Crippen molar-refractivity contribution in [2.24, 2.45) is 0 Å². The molecule has 0 spiro atoms. The van der Waals surface area contributed by atoms with Gasteiger partial charge in [-0.05, 0) is 27.0 Å². The second-order valence-electron chi connectivity index (χ2n) is 4.34. The Morgan fingerprint density at radius 2 is 1.93 bits per heavy atom. The summed E-state index contributed by atoms with van der Waals surface area (Å²) < 4.78 is 2.07. The zero-order chi connectivity index (χ0) is 11.1. The summed E-state index contributed by atoms with van der Waals surface area (Å²) in [4.78, 5) is 12.9. The van der Waals surface area contributed by atoms with Crippen LogP contribution >= 0.6 is 11.8 Å². The summed E-state index contributed by atoms with van der Waals surface area (Å²) in [5.74, 6) is 0. The molecule has 0 bridgehead atoms. The monoisotopic (exact) mass is 222 g/mol. The zero-order valence-corrected chi connectivity index (χ0v) is 10.2. The summed E-state index contributed by atoms with van der Waals surface area (Å²) >= 11 is 1.60. The predicted molar refractivity (Wildman–Crippen MR) is 62.1 cm³/mol. The molecule has 0 aromatic carbocycles. The third-order valence-electron chi connectivity index (χ3n) is 2.22. The first-order valence-corrected chi connectivity index (χ1v) is 5.99. The van der Waals surface area contributed by atoms with E-state index in [0.717, 1.165) is 16.2 Å². The Hall–Kier alpha value is -1.10. The van der Waals surface area contributed by atoms with E-state index in [1.54, 1.807) is 18.1 Å². The third-order valence-corrected chi connectivity index (χ3v) is 2.90. The number of imidazole rings is 1. The molecular formula is C10H14N4S. The number of fused-ring (bicyclic) bond motifs is 1. The maximum atomic E-state index is 4.37. The van der Waals surface area contributed by atoms with Gasteiger partial charge in [-0.15, -0.1) is 11.8 Å². The van der Waals surface area contributed by atoms with Crippen LogP contribution < -0.4 is 0 Å². The molecule has 2 aromatic rings. The number of hydrogen-bond acceptors (Lipinski definition) is 4. The first-order valence-electron chi connectivity index (χ1n) is 4.76. The number of rotatable bonds is 1. The smallest absolute Gasteiger partial charge is 0.164 e. The topological polar surface area (TPSA) is 43.6 Å². The SMILES string of the molecule is CSc1ncnc2c1ncn2C(C)(C)C. The molecule has 15 heavy (non-hydrogen) atoms. The van der Waals surface area contributed by atoms with Crippen LogP contribution in [0.3, 0.4) is 0 Å². The summed E-state index contributed by atoms with van der Waals surface area (Å²) in [6.07, 6.45) is 5.43. The quantitative estimate of drug-likeness (QED) is 0.548. The van der Waals surface area contributed by atoms with E-state index in [1.165, 1.54) is 0 Å². The molecule has 2 heterocycles. The van der Waals surface area contributed by atoms with Crippen LogP contribution in [0, 0.1) is 0 Å². The van der Waals surface area contributed by atoms with Crippen molar-refractivity contribution in [2.45, 2.75) is 31.3 Å². The summed E-state index contributed by atoms with van der Waals surface area (Å²) in [5.41, 5.74) is 1.79. The molecule has 0 aliphatic rings. The molecule has 0 radical (unpaired) electrons. The minimum Gasteiger partial charge on any atom is -0.310 e. The molecule has 0 saturated heterocycles. The van der Waals surface area contributed by atoms with E-state index < -0.39 is 0 Å². The van der Waals surface area contributed by atoms with Gasteiger partial charge in [0.1, 0.15) is 16.9 Å². The van der Waals surface area contributed by atoms with Crippen molar-refractivity contribution >= 4 is 22.9 Å². The normalized spacial score (nSPS) is 12.3. The van der Waals surface area contributed by atoms with Gasteiger partial charge in [0.25, 0.3) is 0 Å². The van der Waals surface area contributed by atoms with E-state index in [0.29, 0.717) is 0 Å². The van der Waals surface area contributed by atoms with Gasteiger partial charge in [0.2, 0.25) is 0 Å². The van der Waals surface area contributed by atoms with E-state index in [9.17, 15) is 0 Å². The lowest BCUT2D eigenvalue weighted by atomic mass is 10.1. The van der Waals surface area contributed by atoms with Gasteiger partial charge >= 0.3 is 0 Å². The average molecular weight is 222 g/mol. The van der Waals surface area contributed by atoms with E-state index in [4.69, 9.17) is 0 Å². The molecule has 0 aliphatic heterocycles. The summed E-state index contributed by atoms with van der Waals surface area (Å²) in [6, 6.07) is 0. The average Bonchev–Trinajstić information content (AvgIpc) is 2.59. The number of hydrogen-bond donors (Lipinski definition) is 0. The van der Waals surface area contributed by atoms with Crippen LogP contribution in [0.2, 0.25) is 0 Å². The van der Waals surface area contributed by atoms with Crippen molar-refractivity contribution in [3.8, 4) is 0 Å². The maximum absolute atomic E-state index is 4.37. The van der Waals surface area contributed by atoms with Crippen molar-refractivity contribution in [3.63, 3.8) is 0 Å². The van der Waals surface area contributed by atoms with E-state index in [-0.39, 0.29) is 5.54 Å². The Morgan fingerprint density at radius 1 is 1.20 bits per heavy atom. The fourth-order valence-corrected chi connectivity index (χ4v) is 1.94. The minimum absolute atomic E-state index is 0.00121. The van der Waals surface area contributed by atoms with Gasteiger partial charge in [-0.3, -0.25) is 0 Å². The predicted octanol–water partition coefficient (Wildman–Crippen LogP) is 2.30. The van der Waals surface area contributed by atoms with Gasteiger partial charge in [-0.2, -0.15) is 0 Å². The Balaban J connectivity index is 2.72. The van der Waals surface area contributed by atoms with Crippen molar-refractivity contribution in [1.82, 2.24) is 19.5 Å². The van der Waals surface area contributed by atoms with E-state index in [1.807, 2.05) is 12.6 Å². The lowest BCUT2D eigenvalue weighted by molar-refractivity contribution is 0.406. The first kappa shape index (κ1) is 10.4. The Morgan fingerprint density at radius 3 is 2.53 bits per heavy atom. The number of thioether (sulfide) groups is 1. The molecule has 0 atom stereocenters. The largest absolute Gasteiger partial charge is 0.310 e. The molecule has 2 rings (SSSR count). The molecule has 0 aliphatic carbocycles. The Bertz CT molecular complexity index is 484. The van der Waals surface area contributed by atoms with Crippen molar-refractivity contribution in [1.29, 1.82) is 0 Å². The fourth-order valence-electron chi connectivity index (χ4n) is 1.45. The first-order chi connectivity index (χ1) is 7.04. The summed E-state index contributed by atoms with van der Waals surface area (Å²) in [7, 11) is 0. The van der Waals surface area contributed by atoms with Gasteiger partial charge in [-0.25, -0.2) is 15.0 Å². The molecule has 80 valence electrons. The van der Waals surface area contributed by atoms with Crippen molar-refractivity contribution < 1.29 is 0 Å². The lowest BCUT2D eigenvalue weighted by Crippen LogP contribution is -2.21. The fraction of sp³-hybridized carbons (Fsp3) is 0.500. The molecular weight excluding hydrogens is 208 g/mol. The molecule has 0 saturated carbocycles. The van der Waals surface area contributed by atoms with E-state index >= 15 is 0 Å². The van der Waals surface area contributed by atoms with Gasteiger partial charge < -0.3 is 4.57 Å². The van der Waals surface area contributed by atoms with Crippen molar-refractivity contribution in [3.05, 3.63) is 12.7 Å². The molecule has 0 unspecified atom stereocenters. The molecule has 0 amide bonds. The number of nitrogens with zero attached hydrogens (tertiary/aromatic N) is 4.